The van der Waals surface area contributed by atoms with Gasteiger partial charge in [-0.1, -0.05) is 13.5 Å². The Morgan fingerprint density at radius 3 is 2.82 bits per heavy atom. The van der Waals surface area contributed by atoms with Crippen LogP contribution in [0.3, 0.4) is 0 Å². The minimum absolute atomic E-state index is 0.594. The van der Waals surface area contributed by atoms with Crippen LogP contribution in [-0.2, 0) is 0 Å². The van der Waals surface area contributed by atoms with Crippen LogP contribution in [0.2, 0.25) is 0 Å². The molecule has 1 rings (SSSR count). The summed E-state index contributed by atoms with van der Waals surface area (Å²) < 4.78 is 0. The third-order valence-corrected chi connectivity index (χ3v) is 2.02. The van der Waals surface area contributed by atoms with Crippen molar-refractivity contribution in [3.63, 3.8) is 0 Å². The lowest BCUT2D eigenvalue weighted by Gasteiger charge is -2.29. The summed E-state index contributed by atoms with van der Waals surface area (Å²) in [4.78, 5) is 0. The summed E-state index contributed by atoms with van der Waals surface area (Å²) in [5.74, 6) is 0.792. The highest BCUT2D eigenvalue weighted by Crippen LogP contribution is 2.09. The smallest absolute Gasteiger partial charge is 0.0385 e. The Morgan fingerprint density at radius 2 is 2.27 bits per heavy atom. The number of rotatable bonds is 2. The van der Waals surface area contributed by atoms with E-state index in [9.17, 15) is 0 Å². The fraction of sp³-hybridized carbons (Fsp3) is 0.778. The van der Waals surface area contributed by atoms with Crippen LogP contribution in [0.15, 0.2) is 12.3 Å². The zero-order chi connectivity index (χ0) is 8.27. The Morgan fingerprint density at radius 1 is 1.55 bits per heavy atom. The number of allylic oxidation sites excluding steroid dienone is 1. The third kappa shape index (κ3) is 2.93. The zero-order valence-electron chi connectivity index (χ0n) is 7.48. The van der Waals surface area contributed by atoms with Gasteiger partial charge in [0.1, 0.15) is 0 Å². The predicted molar refractivity (Wildman–Crippen MR) is 48.4 cm³/mol. The first-order valence-electron chi connectivity index (χ1n) is 4.31. The number of hydrogen-bond donors (Lipinski definition) is 2. The summed E-state index contributed by atoms with van der Waals surface area (Å²) in [6.45, 7) is 10.4. The first-order valence-corrected chi connectivity index (χ1v) is 4.31. The van der Waals surface area contributed by atoms with Gasteiger partial charge in [0.2, 0.25) is 0 Å². The lowest BCUT2D eigenvalue weighted by Crippen LogP contribution is -2.45. The number of nitrogens with one attached hydrogen (secondary N) is 2. The van der Waals surface area contributed by atoms with Crippen LogP contribution >= 0.6 is 0 Å². The van der Waals surface area contributed by atoms with E-state index in [0.29, 0.717) is 6.04 Å². The molecule has 1 aliphatic rings. The Bertz CT molecular complexity index is 142. The highest BCUT2D eigenvalue weighted by molar-refractivity contribution is 4.91. The molecule has 0 aliphatic carbocycles. The summed E-state index contributed by atoms with van der Waals surface area (Å²) in [5.41, 5.74) is 1.07. The van der Waals surface area contributed by atoms with Gasteiger partial charge in [0.05, 0.1) is 0 Å². The fourth-order valence-electron chi connectivity index (χ4n) is 1.61. The highest BCUT2D eigenvalue weighted by atomic mass is 15.0. The van der Waals surface area contributed by atoms with Crippen molar-refractivity contribution in [2.24, 2.45) is 5.92 Å². The number of hydrogen-bond acceptors (Lipinski definition) is 2. The van der Waals surface area contributed by atoms with Gasteiger partial charge in [0.15, 0.2) is 0 Å². The molecular formula is C9H18N2. The fourth-order valence-corrected chi connectivity index (χ4v) is 1.61. The summed E-state index contributed by atoms with van der Waals surface area (Å²) in [7, 11) is 0. The largest absolute Gasteiger partial charge is 0.385 e. The molecule has 0 amide bonds. The van der Waals surface area contributed by atoms with Crippen molar-refractivity contribution in [2.45, 2.75) is 26.3 Å². The van der Waals surface area contributed by atoms with Crippen molar-refractivity contribution in [1.82, 2.24) is 10.6 Å². The summed E-state index contributed by atoms with van der Waals surface area (Å²) in [6, 6.07) is 0.594. The minimum Gasteiger partial charge on any atom is -0.385 e. The zero-order valence-corrected chi connectivity index (χ0v) is 7.48. The molecule has 0 aromatic heterocycles. The second-order valence-corrected chi connectivity index (χ2v) is 3.62. The molecule has 0 bridgehead atoms. The average Bonchev–Trinajstić information content (AvgIpc) is 1.85. The van der Waals surface area contributed by atoms with Crippen LogP contribution in [0.1, 0.15) is 20.3 Å². The van der Waals surface area contributed by atoms with E-state index >= 15 is 0 Å². The van der Waals surface area contributed by atoms with Crippen LogP contribution < -0.4 is 10.6 Å². The molecule has 1 saturated heterocycles. The topological polar surface area (TPSA) is 24.1 Å². The second kappa shape index (κ2) is 3.77. The van der Waals surface area contributed by atoms with Gasteiger partial charge in [-0.3, -0.25) is 0 Å². The van der Waals surface area contributed by atoms with Gasteiger partial charge in [-0.05, 0) is 25.8 Å². The lowest BCUT2D eigenvalue weighted by molar-refractivity contribution is 0.335. The van der Waals surface area contributed by atoms with Crippen LogP contribution in [0.25, 0.3) is 0 Å². The summed E-state index contributed by atoms with van der Waals surface area (Å²) in [6.07, 6.45) is 1.26. The monoisotopic (exact) mass is 154 g/mol. The lowest BCUT2D eigenvalue weighted by atomic mass is 9.98. The average molecular weight is 154 g/mol. The Kier molecular flexibility index (Phi) is 2.94. The maximum atomic E-state index is 3.84. The molecule has 2 nitrogen and oxygen atoms in total. The van der Waals surface area contributed by atoms with Crippen LogP contribution in [0, 0.1) is 5.92 Å². The number of piperidine rings is 1. The highest BCUT2D eigenvalue weighted by Gasteiger charge is 2.17. The maximum absolute atomic E-state index is 3.84. The van der Waals surface area contributed by atoms with Gasteiger partial charge in [-0.2, -0.15) is 0 Å². The minimum atomic E-state index is 0.594. The Hall–Kier alpha value is -0.500. The molecule has 64 valence electrons. The molecule has 0 saturated carbocycles. The molecular weight excluding hydrogens is 136 g/mol. The third-order valence-electron chi connectivity index (χ3n) is 2.02. The van der Waals surface area contributed by atoms with Crippen molar-refractivity contribution < 1.29 is 0 Å². The SMILES string of the molecule is C=C(C)N[C@H]1CNC[C@H](C)C1. The van der Waals surface area contributed by atoms with Crippen molar-refractivity contribution in [2.75, 3.05) is 13.1 Å². The van der Waals surface area contributed by atoms with E-state index in [1.54, 1.807) is 0 Å². The van der Waals surface area contributed by atoms with E-state index in [1.807, 2.05) is 6.92 Å². The molecule has 2 N–H and O–H groups in total. The molecule has 0 radical (unpaired) electrons. The van der Waals surface area contributed by atoms with Crippen molar-refractivity contribution in [3.8, 4) is 0 Å². The Balaban J connectivity index is 2.28. The molecule has 0 unspecified atom stereocenters. The van der Waals surface area contributed by atoms with Gasteiger partial charge in [0, 0.05) is 18.3 Å². The normalized spacial score (nSPS) is 31.5. The summed E-state index contributed by atoms with van der Waals surface area (Å²) >= 11 is 0. The molecule has 1 fully saturated rings. The predicted octanol–water partition coefficient (Wildman–Crippen LogP) is 1.11. The molecule has 1 aliphatic heterocycles. The van der Waals surface area contributed by atoms with E-state index in [4.69, 9.17) is 0 Å². The molecule has 0 spiro atoms. The van der Waals surface area contributed by atoms with Gasteiger partial charge in [-0.25, -0.2) is 0 Å². The molecule has 2 atom stereocenters. The molecule has 2 heteroatoms. The van der Waals surface area contributed by atoms with Gasteiger partial charge in [0.25, 0.3) is 0 Å². The van der Waals surface area contributed by atoms with Gasteiger partial charge >= 0.3 is 0 Å². The standard InChI is InChI=1S/C9H18N2/c1-7(2)11-9-4-8(3)5-10-6-9/h8-11H,1,4-6H2,2-3H3/t8-,9-/m1/s1. The van der Waals surface area contributed by atoms with E-state index in [2.05, 4.69) is 24.1 Å². The quantitative estimate of drug-likeness (QED) is 0.622. The second-order valence-electron chi connectivity index (χ2n) is 3.62. The van der Waals surface area contributed by atoms with Crippen LogP contribution in [0.5, 0.6) is 0 Å². The van der Waals surface area contributed by atoms with Gasteiger partial charge in [-0.15, -0.1) is 0 Å². The van der Waals surface area contributed by atoms with Gasteiger partial charge < -0.3 is 10.6 Å². The van der Waals surface area contributed by atoms with E-state index in [1.165, 1.54) is 6.42 Å². The molecule has 1 heterocycles. The molecule has 0 aromatic carbocycles. The maximum Gasteiger partial charge on any atom is 0.0385 e. The summed E-state index contributed by atoms with van der Waals surface area (Å²) in [5, 5.41) is 6.74. The van der Waals surface area contributed by atoms with E-state index < -0.39 is 0 Å². The first kappa shape index (κ1) is 8.60. The van der Waals surface area contributed by atoms with Crippen molar-refractivity contribution in [3.05, 3.63) is 12.3 Å². The van der Waals surface area contributed by atoms with Crippen LogP contribution in [0.4, 0.5) is 0 Å². The van der Waals surface area contributed by atoms with Crippen molar-refractivity contribution >= 4 is 0 Å². The van der Waals surface area contributed by atoms with E-state index in [-0.39, 0.29) is 0 Å². The Labute approximate surface area is 69.1 Å². The van der Waals surface area contributed by atoms with Crippen LogP contribution in [-0.4, -0.2) is 19.1 Å². The first-order chi connectivity index (χ1) is 5.18. The van der Waals surface area contributed by atoms with Crippen molar-refractivity contribution in [1.29, 1.82) is 0 Å². The van der Waals surface area contributed by atoms with E-state index in [0.717, 1.165) is 24.7 Å². The molecule has 11 heavy (non-hydrogen) atoms. The molecule has 0 aromatic rings.